The van der Waals surface area contributed by atoms with E-state index >= 15 is 0 Å². The van der Waals surface area contributed by atoms with E-state index in [1.807, 2.05) is 11.4 Å². The van der Waals surface area contributed by atoms with E-state index < -0.39 is 0 Å². The summed E-state index contributed by atoms with van der Waals surface area (Å²) in [5.41, 5.74) is 6.36. The number of hydrogen-bond donors (Lipinski definition) is 1. The Hall–Kier alpha value is -0.0500. The first-order chi connectivity index (χ1) is 7.53. The molecule has 0 spiro atoms. The lowest BCUT2D eigenvalue weighted by molar-refractivity contribution is 0.199. The number of hydrogen-bond acceptors (Lipinski definition) is 2. The summed E-state index contributed by atoms with van der Waals surface area (Å²) in [6.45, 7) is 4.62. The van der Waals surface area contributed by atoms with Gasteiger partial charge in [0.25, 0.3) is 0 Å². The topological polar surface area (TPSA) is 26.0 Å². The zero-order valence-electron chi connectivity index (χ0n) is 10.0. The van der Waals surface area contributed by atoms with Gasteiger partial charge in [-0.05, 0) is 49.0 Å². The second kappa shape index (κ2) is 4.67. The standard InChI is InChI=1S/C13H20ClNS/c1-9(2)10-3-6-13(15,7-4-10)12-11(14)5-8-16-12/h5,8-10H,3-4,6-7,15H2,1-2H3. The molecule has 1 heterocycles. The molecule has 1 nitrogen and oxygen atoms in total. The predicted octanol–water partition coefficient (Wildman–Crippen LogP) is 4.40. The van der Waals surface area contributed by atoms with Crippen LogP contribution in [-0.2, 0) is 5.54 Å². The molecule has 0 aliphatic heterocycles. The average molecular weight is 258 g/mol. The van der Waals surface area contributed by atoms with E-state index in [0.717, 1.165) is 29.7 Å². The third kappa shape index (κ3) is 2.29. The van der Waals surface area contributed by atoms with Crippen molar-refractivity contribution in [2.45, 2.75) is 45.1 Å². The van der Waals surface area contributed by atoms with Crippen LogP contribution in [-0.4, -0.2) is 0 Å². The van der Waals surface area contributed by atoms with Gasteiger partial charge in [0.05, 0.1) is 10.6 Å². The van der Waals surface area contributed by atoms with Crippen LogP contribution in [0.5, 0.6) is 0 Å². The largest absolute Gasteiger partial charge is 0.321 e. The second-order valence-corrected chi connectivity index (χ2v) is 6.66. The fourth-order valence-corrected chi connectivity index (χ4v) is 4.12. The van der Waals surface area contributed by atoms with Crippen molar-refractivity contribution in [1.82, 2.24) is 0 Å². The predicted molar refractivity (Wildman–Crippen MR) is 72.0 cm³/mol. The van der Waals surface area contributed by atoms with Crippen LogP contribution in [0.4, 0.5) is 0 Å². The molecule has 0 radical (unpaired) electrons. The fraction of sp³-hybridized carbons (Fsp3) is 0.692. The van der Waals surface area contributed by atoms with Gasteiger partial charge in [-0.25, -0.2) is 0 Å². The zero-order valence-corrected chi connectivity index (χ0v) is 11.6. The van der Waals surface area contributed by atoms with Gasteiger partial charge in [-0.1, -0.05) is 25.4 Å². The summed E-state index contributed by atoms with van der Waals surface area (Å²) in [6.07, 6.45) is 4.64. The maximum absolute atomic E-state index is 6.51. The zero-order chi connectivity index (χ0) is 11.8. The molecule has 0 bridgehead atoms. The lowest BCUT2D eigenvalue weighted by Crippen LogP contribution is -2.40. The van der Waals surface area contributed by atoms with Crippen molar-refractivity contribution < 1.29 is 0 Å². The van der Waals surface area contributed by atoms with E-state index in [4.69, 9.17) is 17.3 Å². The molecule has 1 aliphatic rings. The summed E-state index contributed by atoms with van der Waals surface area (Å²) < 4.78 is 0. The quantitative estimate of drug-likeness (QED) is 0.835. The van der Waals surface area contributed by atoms with E-state index in [0.29, 0.717) is 0 Å². The maximum Gasteiger partial charge on any atom is 0.0564 e. The number of nitrogens with two attached hydrogens (primary N) is 1. The monoisotopic (exact) mass is 257 g/mol. The highest BCUT2D eigenvalue weighted by Crippen LogP contribution is 2.44. The number of thiophene rings is 1. The lowest BCUT2D eigenvalue weighted by Gasteiger charge is -2.38. The summed E-state index contributed by atoms with van der Waals surface area (Å²) >= 11 is 7.90. The molecule has 1 aromatic rings. The average Bonchev–Trinajstić information content (AvgIpc) is 2.66. The van der Waals surface area contributed by atoms with Gasteiger partial charge in [0.15, 0.2) is 0 Å². The molecular formula is C13H20ClNS. The first kappa shape index (κ1) is 12.4. The van der Waals surface area contributed by atoms with Crippen LogP contribution in [0.3, 0.4) is 0 Å². The third-order valence-corrected chi connectivity index (χ3v) is 5.50. The van der Waals surface area contributed by atoms with Crippen molar-refractivity contribution in [2.75, 3.05) is 0 Å². The highest BCUT2D eigenvalue weighted by atomic mass is 35.5. The Morgan fingerprint density at radius 3 is 2.50 bits per heavy atom. The van der Waals surface area contributed by atoms with Crippen molar-refractivity contribution in [3.05, 3.63) is 21.3 Å². The molecule has 1 saturated carbocycles. The Bertz CT molecular complexity index is 351. The van der Waals surface area contributed by atoms with E-state index in [-0.39, 0.29) is 5.54 Å². The summed E-state index contributed by atoms with van der Waals surface area (Å²) in [5, 5.41) is 2.90. The smallest absolute Gasteiger partial charge is 0.0564 e. The van der Waals surface area contributed by atoms with Crippen molar-refractivity contribution in [1.29, 1.82) is 0 Å². The first-order valence-corrected chi connectivity index (χ1v) is 7.31. The minimum Gasteiger partial charge on any atom is -0.321 e. The molecule has 0 saturated heterocycles. The molecule has 90 valence electrons. The van der Waals surface area contributed by atoms with Gasteiger partial charge in [-0.15, -0.1) is 11.3 Å². The van der Waals surface area contributed by atoms with Crippen LogP contribution in [0.25, 0.3) is 0 Å². The Kier molecular flexibility index (Phi) is 3.62. The Balaban J connectivity index is 2.10. The second-order valence-electron chi connectivity index (χ2n) is 5.34. The normalized spacial score (nSPS) is 30.9. The van der Waals surface area contributed by atoms with Crippen LogP contribution in [0.1, 0.15) is 44.4 Å². The number of rotatable bonds is 2. The van der Waals surface area contributed by atoms with Gasteiger partial charge < -0.3 is 5.73 Å². The molecule has 2 rings (SSSR count). The summed E-state index contributed by atoms with van der Waals surface area (Å²) in [4.78, 5) is 1.19. The van der Waals surface area contributed by atoms with Gasteiger partial charge in [-0.3, -0.25) is 0 Å². The van der Waals surface area contributed by atoms with E-state index in [1.54, 1.807) is 11.3 Å². The van der Waals surface area contributed by atoms with E-state index in [2.05, 4.69) is 13.8 Å². The molecular weight excluding hydrogens is 238 g/mol. The Labute approximate surface area is 107 Å². The molecule has 0 aromatic carbocycles. The van der Waals surface area contributed by atoms with Crippen LogP contribution in [0.2, 0.25) is 5.02 Å². The van der Waals surface area contributed by atoms with Gasteiger partial charge in [-0.2, -0.15) is 0 Å². The van der Waals surface area contributed by atoms with Crippen LogP contribution in [0, 0.1) is 11.8 Å². The van der Waals surface area contributed by atoms with Gasteiger partial charge >= 0.3 is 0 Å². The lowest BCUT2D eigenvalue weighted by atomic mass is 9.73. The molecule has 0 unspecified atom stereocenters. The number of halogens is 1. The molecule has 16 heavy (non-hydrogen) atoms. The summed E-state index contributed by atoms with van der Waals surface area (Å²) in [5.74, 6) is 1.62. The molecule has 0 atom stereocenters. The first-order valence-electron chi connectivity index (χ1n) is 6.05. The summed E-state index contributed by atoms with van der Waals surface area (Å²) in [6, 6.07) is 1.96. The fourth-order valence-electron chi connectivity index (χ4n) is 2.70. The molecule has 1 aliphatic carbocycles. The molecule has 1 fully saturated rings. The Morgan fingerprint density at radius 2 is 2.06 bits per heavy atom. The third-order valence-electron chi connectivity index (χ3n) is 3.93. The van der Waals surface area contributed by atoms with Crippen molar-refractivity contribution in [3.63, 3.8) is 0 Å². The van der Waals surface area contributed by atoms with Gasteiger partial charge in [0, 0.05) is 4.88 Å². The van der Waals surface area contributed by atoms with Crippen molar-refractivity contribution in [2.24, 2.45) is 17.6 Å². The minimum atomic E-state index is -0.156. The Morgan fingerprint density at radius 1 is 1.44 bits per heavy atom. The van der Waals surface area contributed by atoms with Crippen molar-refractivity contribution >= 4 is 22.9 Å². The summed E-state index contributed by atoms with van der Waals surface area (Å²) in [7, 11) is 0. The minimum absolute atomic E-state index is 0.156. The van der Waals surface area contributed by atoms with Crippen LogP contribution >= 0.6 is 22.9 Å². The molecule has 1 aromatic heterocycles. The molecule has 3 heteroatoms. The molecule has 0 amide bonds. The van der Waals surface area contributed by atoms with Gasteiger partial charge in [0.1, 0.15) is 0 Å². The van der Waals surface area contributed by atoms with Crippen LogP contribution in [0.15, 0.2) is 11.4 Å². The van der Waals surface area contributed by atoms with E-state index in [9.17, 15) is 0 Å². The molecule has 2 N–H and O–H groups in total. The highest BCUT2D eigenvalue weighted by Gasteiger charge is 2.36. The van der Waals surface area contributed by atoms with Gasteiger partial charge in [0.2, 0.25) is 0 Å². The highest BCUT2D eigenvalue weighted by molar-refractivity contribution is 7.10. The SMILES string of the molecule is CC(C)C1CCC(N)(c2sccc2Cl)CC1. The van der Waals surface area contributed by atoms with Crippen LogP contribution < -0.4 is 5.73 Å². The van der Waals surface area contributed by atoms with E-state index in [1.165, 1.54) is 17.7 Å². The van der Waals surface area contributed by atoms with Crippen molar-refractivity contribution in [3.8, 4) is 0 Å². The maximum atomic E-state index is 6.51.